The highest BCUT2D eigenvalue weighted by Gasteiger charge is 2.14. The average molecular weight is 286 g/mol. The minimum absolute atomic E-state index is 0.151. The van der Waals surface area contributed by atoms with Crippen LogP contribution in [0.3, 0.4) is 0 Å². The van der Waals surface area contributed by atoms with E-state index in [1.807, 2.05) is 24.3 Å². The molecule has 0 saturated heterocycles. The highest BCUT2D eigenvalue weighted by Crippen LogP contribution is 2.30. The van der Waals surface area contributed by atoms with Gasteiger partial charge in [0, 0.05) is 11.3 Å². The predicted octanol–water partition coefficient (Wildman–Crippen LogP) is 3.71. The smallest absolute Gasteiger partial charge is 0.126 e. The van der Waals surface area contributed by atoms with Gasteiger partial charge in [0.2, 0.25) is 0 Å². The van der Waals surface area contributed by atoms with Gasteiger partial charge < -0.3 is 10.2 Å². The van der Waals surface area contributed by atoms with Crippen LogP contribution < -0.4 is 5.73 Å². The molecule has 80 valence electrons. The summed E-state index contributed by atoms with van der Waals surface area (Å²) in [4.78, 5) is 1.11. The van der Waals surface area contributed by atoms with E-state index in [1.54, 1.807) is 11.3 Å². The molecule has 2 N–H and O–H groups in total. The topological polar surface area (TPSA) is 39.2 Å². The van der Waals surface area contributed by atoms with Crippen LogP contribution in [-0.4, -0.2) is 0 Å². The van der Waals surface area contributed by atoms with Crippen LogP contribution in [0.25, 0.3) is 0 Å². The summed E-state index contributed by atoms with van der Waals surface area (Å²) in [7, 11) is 0. The minimum Gasteiger partial charge on any atom is -0.464 e. The van der Waals surface area contributed by atoms with Gasteiger partial charge in [-0.1, -0.05) is 6.92 Å². The molecule has 15 heavy (non-hydrogen) atoms. The maximum Gasteiger partial charge on any atom is 0.126 e. The fourth-order valence-electron chi connectivity index (χ4n) is 1.39. The van der Waals surface area contributed by atoms with Crippen molar-refractivity contribution in [1.82, 2.24) is 0 Å². The number of hydrogen-bond acceptors (Lipinski definition) is 3. The second-order valence-electron chi connectivity index (χ2n) is 3.28. The molecule has 1 unspecified atom stereocenters. The predicted molar refractivity (Wildman–Crippen MR) is 66.1 cm³/mol. The third kappa shape index (κ3) is 2.33. The number of rotatable bonds is 3. The van der Waals surface area contributed by atoms with Crippen LogP contribution >= 0.6 is 27.3 Å². The molecule has 0 aromatic carbocycles. The van der Waals surface area contributed by atoms with Gasteiger partial charge in [-0.3, -0.25) is 0 Å². The molecule has 0 aliphatic heterocycles. The van der Waals surface area contributed by atoms with Gasteiger partial charge in [0.15, 0.2) is 0 Å². The van der Waals surface area contributed by atoms with Crippen LogP contribution in [-0.2, 0) is 6.42 Å². The molecule has 1 atom stereocenters. The summed E-state index contributed by atoms with van der Waals surface area (Å²) in [6.07, 6.45) is 0.904. The Labute approximate surface area is 101 Å². The van der Waals surface area contributed by atoms with Crippen molar-refractivity contribution >= 4 is 27.3 Å². The van der Waals surface area contributed by atoms with Crippen molar-refractivity contribution in [1.29, 1.82) is 0 Å². The molecule has 0 radical (unpaired) electrons. The van der Waals surface area contributed by atoms with Crippen LogP contribution in [0.1, 0.15) is 29.4 Å². The van der Waals surface area contributed by atoms with Gasteiger partial charge >= 0.3 is 0 Å². The first-order valence-electron chi connectivity index (χ1n) is 4.80. The fraction of sp³-hybridized carbons (Fsp3) is 0.273. The summed E-state index contributed by atoms with van der Waals surface area (Å²) in [6, 6.07) is 7.81. The van der Waals surface area contributed by atoms with Gasteiger partial charge in [0.25, 0.3) is 0 Å². The molecule has 0 amide bonds. The zero-order valence-electron chi connectivity index (χ0n) is 8.37. The summed E-state index contributed by atoms with van der Waals surface area (Å²) in [5.41, 5.74) is 6.09. The molecule has 0 bridgehead atoms. The Hall–Kier alpha value is -0.580. The highest BCUT2D eigenvalue weighted by atomic mass is 79.9. The van der Waals surface area contributed by atoms with E-state index >= 15 is 0 Å². The summed E-state index contributed by atoms with van der Waals surface area (Å²) >= 11 is 5.06. The maximum atomic E-state index is 6.09. The van der Waals surface area contributed by atoms with E-state index in [1.165, 1.54) is 0 Å². The molecule has 2 rings (SSSR count). The Morgan fingerprint density at radius 3 is 2.73 bits per heavy atom. The molecule has 2 nitrogen and oxygen atoms in total. The zero-order chi connectivity index (χ0) is 10.8. The van der Waals surface area contributed by atoms with E-state index in [2.05, 4.69) is 22.9 Å². The SMILES string of the molecule is CCc1ccc(C(N)c2ccc(Br)s2)o1. The van der Waals surface area contributed by atoms with Crippen LogP contribution in [0.4, 0.5) is 0 Å². The largest absolute Gasteiger partial charge is 0.464 e. The number of thiophene rings is 1. The van der Waals surface area contributed by atoms with Gasteiger partial charge in [-0.05, 0) is 40.2 Å². The Morgan fingerprint density at radius 2 is 2.20 bits per heavy atom. The molecule has 2 aromatic rings. The van der Waals surface area contributed by atoms with E-state index in [4.69, 9.17) is 10.2 Å². The van der Waals surface area contributed by atoms with Crippen molar-refractivity contribution in [2.24, 2.45) is 5.73 Å². The lowest BCUT2D eigenvalue weighted by Crippen LogP contribution is -2.08. The zero-order valence-corrected chi connectivity index (χ0v) is 10.8. The van der Waals surface area contributed by atoms with Crippen LogP contribution in [0.15, 0.2) is 32.5 Å². The molecule has 2 aromatic heterocycles. The van der Waals surface area contributed by atoms with Crippen molar-refractivity contribution in [3.8, 4) is 0 Å². The van der Waals surface area contributed by atoms with Crippen molar-refractivity contribution in [2.45, 2.75) is 19.4 Å². The van der Waals surface area contributed by atoms with Gasteiger partial charge in [-0.2, -0.15) is 0 Å². The van der Waals surface area contributed by atoms with Crippen LogP contribution in [0.2, 0.25) is 0 Å². The highest BCUT2D eigenvalue weighted by molar-refractivity contribution is 9.11. The van der Waals surface area contributed by atoms with Crippen molar-refractivity contribution in [2.75, 3.05) is 0 Å². The van der Waals surface area contributed by atoms with Gasteiger partial charge in [-0.15, -0.1) is 11.3 Å². The summed E-state index contributed by atoms with van der Waals surface area (Å²) in [5.74, 6) is 1.82. The molecule has 4 heteroatoms. The Morgan fingerprint density at radius 1 is 1.40 bits per heavy atom. The lowest BCUT2D eigenvalue weighted by molar-refractivity contribution is 0.455. The number of aryl methyl sites for hydroxylation is 1. The van der Waals surface area contributed by atoms with E-state index in [0.29, 0.717) is 0 Å². The quantitative estimate of drug-likeness (QED) is 0.934. The summed E-state index contributed by atoms with van der Waals surface area (Å²) in [6.45, 7) is 2.07. The van der Waals surface area contributed by atoms with Gasteiger partial charge in [-0.25, -0.2) is 0 Å². The minimum atomic E-state index is -0.151. The standard InChI is InChI=1S/C11H12BrNOS/c1-2-7-3-4-8(14-7)11(13)9-5-6-10(12)15-9/h3-6,11H,2,13H2,1H3. The molecule has 0 aliphatic rings. The lowest BCUT2D eigenvalue weighted by atomic mass is 10.2. The number of furan rings is 1. The molecule has 2 heterocycles. The monoisotopic (exact) mass is 285 g/mol. The Kier molecular flexibility index (Phi) is 3.29. The average Bonchev–Trinajstić information content (AvgIpc) is 2.84. The van der Waals surface area contributed by atoms with Crippen LogP contribution in [0.5, 0.6) is 0 Å². The first-order valence-corrected chi connectivity index (χ1v) is 6.41. The number of hydrogen-bond donors (Lipinski definition) is 1. The first-order chi connectivity index (χ1) is 7.20. The molecule has 0 saturated carbocycles. The van der Waals surface area contributed by atoms with E-state index in [-0.39, 0.29) is 6.04 Å². The van der Waals surface area contributed by atoms with E-state index < -0.39 is 0 Å². The Bertz CT molecular complexity index is 449. The van der Waals surface area contributed by atoms with Crippen molar-refractivity contribution in [3.05, 3.63) is 44.4 Å². The normalized spacial score (nSPS) is 13.0. The molecule has 0 spiro atoms. The third-order valence-electron chi connectivity index (χ3n) is 2.24. The number of halogens is 1. The Balaban J connectivity index is 2.23. The second-order valence-corrected chi connectivity index (χ2v) is 5.77. The van der Waals surface area contributed by atoms with Gasteiger partial charge in [0.05, 0.1) is 9.83 Å². The lowest BCUT2D eigenvalue weighted by Gasteiger charge is -2.05. The van der Waals surface area contributed by atoms with E-state index in [0.717, 1.165) is 26.6 Å². The van der Waals surface area contributed by atoms with E-state index in [9.17, 15) is 0 Å². The van der Waals surface area contributed by atoms with Crippen molar-refractivity contribution in [3.63, 3.8) is 0 Å². The maximum absolute atomic E-state index is 6.09. The summed E-state index contributed by atoms with van der Waals surface area (Å²) in [5, 5.41) is 0. The molecule has 0 fully saturated rings. The molecule has 0 aliphatic carbocycles. The summed E-state index contributed by atoms with van der Waals surface area (Å²) < 4.78 is 6.72. The van der Waals surface area contributed by atoms with Crippen molar-refractivity contribution < 1.29 is 4.42 Å². The second kappa shape index (κ2) is 4.51. The van der Waals surface area contributed by atoms with Gasteiger partial charge in [0.1, 0.15) is 11.5 Å². The molecular weight excluding hydrogens is 274 g/mol. The first kappa shape index (κ1) is 10.9. The molecular formula is C11H12BrNOS. The fourth-order valence-corrected chi connectivity index (χ4v) is 2.82. The van der Waals surface area contributed by atoms with Crippen LogP contribution in [0, 0.1) is 0 Å². The third-order valence-corrected chi connectivity index (χ3v) is 3.94. The number of nitrogens with two attached hydrogens (primary N) is 1.